The molecule has 0 unspecified atom stereocenters. The molecule has 16 heavy (non-hydrogen) atoms. The first-order valence-corrected chi connectivity index (χ1v) is 6.40. The molecule has 0 radical (unpaired) electrons. The molecule has 1 aromatic rings. The van der Waals surface area contributed by atoms with E-state index in [2.05, 4.69) is 31.9 Å². The second kappa shape index (κ2) is 6.10. The van der Waals surface area contributed by atoms with Crippen LogP contribution in [0.15, 0.2) is 30.3 Å². The summed E-state index contributed by atoms with van der Waals surface area (Å²) in [6.45, 7) is 1.96. The van der Waals surface area contributed by atoms with Crippen molar-refractivity contribution in [2.45, 2.75) is 29.2 Å². The van der Waals surface area contributed by atoms with Gasteiger partial charge in [-0.15, -0.1) is 0 Å². The van der Waals surface area contributed by atoms with Crippen LogP contribution in [0.25, 0.3) is 0 Å². The van der Waals surface area contributed by atoms with Crippen LogP contribution in [0.1, 0.15) is 12.5 Å². The van der Waals surface area contributed by atoms with Crippen molar-refractivity contribution in [2.24, 2.45) is 0 Å². The fourth-order valence-corrected chi connectivity index (χ4v) is 1.90. The lowest BCUT2D eigenvalue weighted by atomic mass is 10.2. The highest BCUT2D eigenvalue weighted by Crippen LogP contribution is 2.34. The Kier molecular flexibility index (Phi) is 5.37. The molecule has 0 aliphatic rings. The van der Waals surface area contributed by atoms with E-state index in [4.69, 9.17) is 4.74 Å². The van der Waals surface area contributed by atoms with E-state index in [-0.39, 0.29) is 0 Å². The van der Waals surface area contributed by atoms with Crippen LogP contribution >= 0.6 is 31.9 Å². The second-order valence-electron chi connectivity index (χ2n) is 3.49. The number of alkyl halides is 3. The van der Waals surface area contributed by atoms with Gasteiger partial charge in [-0.1, -0.05) is 30.3 Å². The summed E-state index contributed by atoms with van der Waals surface area (Å²) in [5.74, 6) is 0. The van der Waals surface area contributed by atoms with Crippen molar-refractivity contribution in [1.82, 2.24) is 0 Å². The Balaban J connectivity index is 2.44. The molecule has 0 aromatic heterocycles. The average molecular weight is 356 g/mol. The van der Waals surface area contributed by atoms with E-state index >= 15 is 0 Å². The van der Waals surface area contributed by atoms with Gasteiger partial charge in [0.2, 0.25) is 3.49 Å². The number of benzene rings is 1. The molecule has 5 heteroatoms. The molecule has 0 saturated heterocycles. The first kappa shape index (κ1) is 14.1. The molecular weight excluding hydrogens is 343 g/mol. The normalized spacial score (nSPS) is 15.8. The fourth-order valence-electron chi connectivity index (χ4n) is 1.16. The predicted molar refractivity (Wildman–Crippen MR) is 68.4 cm³/mol. The maximum absolute atomic E-state index is 13.3. The number of halogens is 3. The third-order valence-corrected chi connectivity index (χ3v) is 3.07. The molecule has 0 heterocycles. The minimum absolute atomic E-state index is 0.342. The molecule has 0 aliphatic heterocycles. The van der Waals surface area contributed by atoms with Crippen LogP contribution in [0.5, 0.6) is 0 Å². The average Bonchev–Trinajstić information content (AvgIpc) is 2.25. The molecule has 1 N–H and O–H groups in total. The molecule has 2 atom stereocenters. The van der Waals surface area contributed by atoms with E-state index in [1.807, 2.05) is 30.3 Å². The molecule has 0 spiro atoms. The quantitative estimate of drug-likeness (QED) is 0.820. The van der Waals surface area contributed by atoms with Crippen LogP contribution in [-0.2, 0) is 11.3 Å². The van der Waals surface area contributed by atoms with E-state index in [1.54, 1.807) is 6.92 Å². The summed E-state index contributed by atoms with van der Waals surface area (Å²) in [6.07, 6.45) is -1.90. The summed E-state index contributed by atoms with van der Waals surface area (Å²) in [6, 6.07) is 9.52. The number of hydrogen-bond acceptors (Lipinski definition) is 2. The van der Waals surface area contributed by atoms with Crippen molar-refractivity contribution < 1.29 is 14.2 Å². The lowest BCUT2D eigenvalue weighted by molar-refractivity contribution is -0.0535. The monoisotopic (exact) mass is 354 g/mol. The third kappa shape index (κ3) is 4.49. The maximum atomic E-state index is 13.3. The van der Waals surface area contributed by atoms with E-state index in [0.717, 1.165) is 5.56 Å². The summed E-state index contributed by atoms with van der Waals surface area (Å²) >= 11 is 5.38. The number of rotatable bonds is 5. The van der Waals surface area contributed by atoms with Crippen LogP contribution < -0.4 is 0 Å². The highest BCUT2D eigenvalue weighted by molar-refractivity contribution is 9.25. The highest BCUT2D eigenvalue weighted by atomic mass is 79.9. The summed E-state index contributed by atoms with van der Waals surface area (Å²) < 4.78 is 16.6. The standard InChI is InChI=1S/C11H13Br2FO2/c1-8(10(15)11(12,13)14)16-7-9-5-3-2-4-6-9/h2-6,8,10,15H,7H2,1H3/t8-,10+/m0/s1. The zero-order chi connectivity index (χ0) is 12.2. The second-order valence-corrected chi connectivity index (χ2v) is 6.86. The van der Waals surface area contributed by atoms with Gasteiger partial charge in [0.25, 0.3) is 0 Å². The van der Waals surface area contributed by atoms with Crippen LogP contribution in [-0.4, -0.2) is 20.8 Å². The van der Waals surface area contributed by atoms with Gasteiger partial charge >= 0.3 is 0 Å². The molecule has 1 aromatic carbocycles. The molecule has 0 fully saturated rings. The molecule has 0 saturated carbocycles. The lowest BCUT2D eigenvalue weighted by Crippen LogP contribution is -2.37. The highest BCUT2D eigenvalue weighted by Gasteiger charge is 2.36. The Hall–Kier alpha value is 0.0300. The Morgan fingerprint density at radius 1 is 1.38 bits per heavy atom. The topological polar surface area (TPSA) is 29.5 Å². The summed E-state index contributed by atoms with van der Waals surface area (Å²) in [5.41, 5.74) is 0.982. The van der Waals surface area contributed by atoms with Crippen molar-refractivity contribution in [2.75, 3.05) is 0 Å². The largest absolute Gasteiger partial charge is 0.385 e. The lowest BCUT2D eigenvalue weighted by Gasteiger charge is -2.24. The van der Waals surface area contributed by atoms with E-state index in [0.29, 0.717) is 6.61 Å². The van der Waals surface area contributed by atoms with E-state index < -0.39 is 15.7 Å². The van der Waals surface area contributed by atoms with Gasteiger partial charge in [0.05, 0.1) is 12.7 Å². The van der Waals surface area contributed by atoms with Gasteiger partial charge in [-0.3, -0.25) is 0 Å². The van der Waals surface area contributed by atoms with Crippen molar-refractivity contribution >= 4 is 31.9 Å². The maximum Gasteiger partial charge on any atom is 0.246 e. The van der Waals surface area contributed by atoms with Gasteiger partial charge in [-0.25, -0.2) is 4.39 Å². The van der Waals surface area contributed by atoms with Crippen LogP contribution in [0.3, 0.4) is 0 Å². The molecule has 1 rings (SSSR count). The molecule has 0 aliphatic carbocycles. The third-order valence-electron chi connectivity index (χ3n) is 2.14. The van der Waals surface area contributed by atoms with E-state index in [9.17, 15) is 9.50 Å². The van der Waals surface area contributed by atoms with Crippen molar-refractivity contribution in [3.8, 4) is 0 Å². The van der Waals surface area contributed by atoms with Gasteiger partial charge < -0.3 is 9.84 Å². The minimum atomic E-state index is -2.02. The summed E-state index contributed by atoms with van der Waals surface area (Å²) in [4.78, 5) is 0. The Labute approximate surface area is 111 Å². The zero-order valence-corrected chi connectivity index (χ0v) is 11.9. The number of aliphatic hydroxyl groups excluding tert-OH is 1. The number of aliphatic hydroxyl groups is 1. The summed E-state index contributed by atoms with van der Waals surface area (Å²) in [7, 11) is 0. The fraction of sp³-hybridized carbons (Fsp3) is 0.455. The first-order valence-electron chi connectivity index (χ1n) is 4.81. The minimum Gasteiger partial charge on any atom is -0.385 e. The number of hydrogen-bond donors (Lipinski definition) is 1. The Morgan fingerprint density at radius 2 is 1.94 bits per heavy atom. The van der Waals surface area contributed by atoms with Gasteiger partial charge in [-0.2, -0.15) is 0 Å². The van der Waals surface area contributed by atoms with Gasteiger partial charge in [0.1, 0.15) is 6.10 Å². The van der Waals surface area contributed by atoms with Gasteiger partial charge in [0.15, 0.2) is 0 Å². The Bertz CT molecular complexity index is 314. The molecular formula is C11H13Br2FO2. The van der Waals surface area contributed by atoms with E-state index in [1.165, 1.54) is 0 Å². The van der Waals surface area contributed by atoms with Gasteiger partial charge in [-0.05, 0) is 44.3 Å². The van der Waals surface area contributed by atoms with Crippen LogP contribution in [0.4, 0.5) is 4.39 Å². The van der Waals surface area contributed by atoms with Crippen LogP contribution in [0, 0.1) is 0 Å². The first-order chi connectivity index (χ1) is 7.41. The zero-order valence-electron chi connectivity index (χ0n) is 8.74. The molecule has 0 bridgehead atoms. The van der Waals surface area contributed by atoms with Crippen molar-refractivity contribution in [3.63, 3.8) is 0 Å². The smallest absolute Gasteiger partial charge is 0.246 e. The van der Waals surface area contributed by atoms with Crippen LogP contribution in [0.2, 0.25) is 0 Å². The molecule has 90 valence electrons. The predicted octanol–water partition coefficient (Wildman–Crippen LogP) is 3.37. The van der Waals surface area contributed by atoms with Crippen molar-refractivity contribution in [1.29, 1.82) is 0 Å². The SMILES string of the molecule is C[C@H](OCc1ccccc1)[C@@H](O)C(F)(Br)Br. The Morgan fingerprint density at radius 3 is 2.44 bits per heavy atom. The molecule has 2 nitrogen and oxygen atoms in total. The van der Waals surface area contributed by atoms with Gasteiger partial charge in [0, 0.05) is 0 Å². The summed E-state index contributed by atoms with van der Waals surface area (Å²) in [5, 5.41) is 9.54. The van der Waals surface area contributed by atoms with Crippen molar-refractivity contribution in [3.05, 3.63) is 35.9 Å². The molecule has 0 amide bonds. The number of ether oxygens (including phenoxy) is 1.